The molecule has 0 saturated carbocycles. The van der Waals surface area contributed by atoms with Crippen molar-refractivity contribution in [2.45, 2.75) is 39.3 Å². The van der Waals surface area contributed by atoms with Gasteiger partial charge >= 0.3 is 0 Å². The van der Waals surface area contributed by atoms with Crippen molar-refractivity contribution in [2.75, 3.05) is 19.6 Å². The van der Waals surface area contributed by atoms with Crippen molar-refractivity contribution in [3.8, 4) is 0 Å². The number of pyridine rings is 1. The molecule has 3 nitrogen and oxygen atoms in total. The van der Waals surface area contributed by atoms with E-state index in [0.717, 1.165) is 19.6 Å². The maximum Gasteiger partial charge on any atom is 0.0315 e. The van der Waals surface area contributed by atoms with Crippen molar-refractivity contribution >= 4 is 0 Å². The average molecular weight is 233 g/mol. The van der Waals surface area contributed by atoms with Crippen LogP contribution < -0.4 is 5.32 Å². The van der Waals surface area contributed by atoms with Gasteiger partial charge in [-0.15, -0.1) is 0 Å². The van der Waals surface area contributed by atoms with Crippen LogP contribution in [0, 0.1) is 6.92 Å². The SMILES string of the molecule is Cc1ccncc1CN1CCCNC(C)(C)C1. The summed E-state index contributed by atoms with van der Waals surface area (Å²) in [6.07, 6.45) is 5.09. The van der Waals surface area contributed by atoms with Crippen LogP contribution in [0.1, 0.15) is 31.4 Å². The zero-order chi connectivity index (χ0) is 12.3. The van der Waals surface area contributed by atoms with Gasteiger partial charge in [-0.2, -0.15) is 0 Å². The summed E-state index contributed by atoms with van der Waals surface area (Å²) in [6.45, 7) is 11.1. The Kier molecular flexibility index (Phi) is 3.79. The minimum atomic E-state index is 0.215. The second-order valence-electron chi connectivity index (χ2n) is 5.68. The van der Waals surface area contributed by atoms with Gasteiger partial charge < -0.3 is 5.32 Å². The standard InChI is InChI=1S/C14H23N3/c1-12-5-7-15-9-13(12)10-17-8-4-6-16-14(2,3)11-17/h5,7,9,16H,4,6,8,10-11H2,1-3H3. The summed E-state index contributed by atoms with van der Waals surface area (Å²) >= 11 is 0. The molecule has 0 unspecified atom stereocenters. The van der Waals surface area contributed by atoms with Crippen LogP contribution in [0.3, 0.4) is 0 Å². The highest BCUT2D eigenvalue weighted by molar-refractivity contribution is 5.21. The Labute approximate surface area is 104 Å². The second-order valence-corrected chi connectivity index (χ2v) is 5.68. The molecule has 0 aromatic carbocycles. The van der Waals surface area contributed by atoms with Gasteiger partial charge in [0.05, 0.1) is 0 Å². The molecular formula is C14H23N3. The Morgan fingerprint density at radius 3 is 3.06 bits per heavy atom. The Morgan fingerprint density at radius 2 is 2.29 bits per heavy atom. The van der Waals surface area contributed by atoms with E-state index in [0.29, 0.717) is 0 Å². The summed E-state index contributed by atoms with van der Waals surface area (Å²) in [5.74, 6) is 0. The fourth-order valence-corrected chi connectivity index (χ4v) is 2.46. The Hall–Kier alpha value is -0.930. The maximum absolute atomic E-state index is 4.23. The van der Waals surface area contributed by atoms with E-state index in [1.807, 2.05) is 12.4 Å². The lowest BCUT2D eigenvalue weighted by Gasteiger charge is -2.30. The van der Waals surface area contributed by atoms with Gasteiger partial charge in [0.1, 0.15) is 0 Å². The van der Waals surface area contributed by atoms with Crippen molar-refractivity contribution in [1.82, 2.24) is 15.2 Å². The molecule has 1 aliphatic heterocycles. The molecule has 2 heterocycles. The van der Waals surface area contributed by atoms with E-state index >= 15 is 0 Å². The molecule has 1 fully saturated rings. The molecule has 1 aromatic heterocycles. The monoisotopic (exact) mass is 233 g/mol. The van der Waals surface area contributed by atoms with Crippen LogP contribution in [-0.2, 0) is 6.54 Å². The van der Waals surface area contributed by atoms with Gasteiger partial charge in [-0.3, -0.25) is 9.88 Å². The molecule has 17 heavy (non-hydrogen) atoms. The first-order chi connectivity index (χ1) is 8.07. The number of nitrogens with zero attached hydrogens (tertiary/aromatic N) is 2. The number of aryl methyl sites for hydroxylation is 1. The van der Waals surface area contributed by atoms with Crippen molar-refractivity contribution < 1.29 is 0 Å². The van der Waals surface area contributed by atoms with Gasteiger partial charge in [0.15, 0.2) is 0 Å². The van der Waals surface area contributed by atoms with E-state index in [2.05, 4.69) is 42.0 Å². The van der Waals surface area contributed by atoms with Crippen molar-refractivity contribution in [2.24, 2.45) is 0 Å². The third kappa shape index (κ3) is 3.51. The molecule has 94 valence electrons. The van der Waals surface area contributed by atoms with Crippen LogP contribution in [0.15, 0.2) is 18.5 Å². The fourth-order valence-electron chi connectivity index (χ4n) is 2.46. The number of hydrogen-bond acceptors (Lipinski definition) is 3. The summed E-state index contributed by atoms with van der Waals surface area (Å²) in [6, 6.07) is 2.09. The van der Waals surface area contributed by atoms with Crippen molar-refractivity contribution in [3.63, 3.8) is 0 Å². The summed E-state index contributed by atoms with van der Waals surface area (Å²) in [5.41, 5.74) is 2.91. The van der Waals surface area contributed by atoms with Crippen LogP contribution in [0.2, 0.25) is 0 Å². The summed E-state index contributed by atoms with van der Waals surface area (Å²) in [5, 5.41) is 3.59. The molecule has 0 bridgehead atoms. The van der Waals surface area contributed by atoms with Gasteiger partial charge in [-0.25, -0.2) is 0 Å². The summed E-state index contributed by atoms with van der Waals surface area (Å²) in [7, 11) is 0. The van der Waals surface area contributed by atoms with E-state index in [1.165, 1.54) is 24.1 Å². The molecule has 0 aliphatic carbocycles. The first-order valence-corrected chi connectivity index (χ1v) is 6.44. The highest BCUT2D eigenvalue weighted by Gasteiger charge is 2.23. The van der Waals surface area contributed by atoms with Crippen molar-refractivity contribution in [3.05, 3.63) is 29.6 Å². The predicted octanol–water partition coefficient (Wildman–Crippen LogP) is 1.96. The maximum atomic E-state index is 4.23. The van der Waals surface area contributed by atoms with Crippen LogP contribution >= 0.6 is 0 Å². The van der Waals surface area contributed by atoms with Gasteiger partial charge in [0.2, 0.25) is 0 Å². The molecule has 0 spiro atoms. The Bertz CT molecular complexity index is 373. The molecule has 0 amide bonds. The van der Waals surface area contributed by atoms with E-state index < -0.39 is 0 Å². The zero-order valence-corrected chi connectivity index (χ0v) is 11.2. The van der Waals surface area contributed by atoms with E-state index in [-0.39, 0.29) is 5.54 Å². The van der Waals surface area contributed by atoms with Gasteiger partial charge in [0, 0.05) is 31.0 Å². The Balaban J connectivity index is 2.05. The smallest absolute Gasteiger partial charge is 0.0315 e. The lowest BCUT2D eigenvalue weighted by atomic mass is 10.0. The molecule has 3 heteroatoms. The predicted molar refractivity (Wildman–Crippen MR) is 70.9 cm³/mol. The molecule has 1 N–H and O–H groups in total. The van der Waals surface area contributed by atoms with Gasteiger partial charge in [-0.05, 0) is 57.5 Å². The van der Waals surface area contributed by atoms with Crippen LogP contribution in [0.5, 0.6) is 0 Å². The third-order valence-corrected chi connectivity index (χ3v) is 3.41. The molecule has 2 rings (SSSR count). The summed E-state index contributed by atoms with van der Waals surface area (Å²) in [4.78, 5) is 6.76. The average Bonchev–Trinajstić information content (AvgIpc) is 2.43. The first-order valence-electron chi connectivity index (χ1n) is 6.44. The number of hydrogen-bond donors (Lipinski definition) is 1. The lowest BCUT2D eigenvalue weighted by molar-refractivity contribution is 0.223. The molecule has 1 saturated heterocycles. The van der Waals surface area contributed by atoms with Crippen LogP contribution in [-0.4, -0.2) is 35.1 Å². The van der Waals surface area contributed by atoms with Crippen molar-refractivity contribution in [1.29, 1.82) is 0 Å². The number of rotatable bonds is 2. The van der Waals surface area contributed by atoms with Crippen LogP contribution in [0.25, 0.3) is 0 Å². The quantitative estimate of drug-likeness (QED) is 0.846. The van der Waals surface area contributed by atoms with Gasteiger partial charge in [-0.1, -0.05) is 0 Å². The molecule has 0 atom stereocenters. The topological polar surface area (TPSA) is 28.2 Å². The molecule has 1 aromatic rings. The normalized spacial score (nSPS) is 21.1. The van der Waals surface area contributed by atoms with E-state index in [1.54, 1.807) is 0 Å². The Morgan fingerprint density at radius 1 is 1.47 bits per heavy atom. The van der Waals surface area contributed by atoms with E-state index in [9.17, 15) is 0 Å². The minimum Gasteiger partial charge on any atom is -0.310 e. The molecular weight excluding hydrogens is 210 g/mol. The minimum absolute atomic E-state index is 0.215. The number of aromatic nitrogens is 1. The fraction of sp³-hybridized carbons (Fsp3) is 0.643. The lowest BCUT2D eigenvalue weighted by Crippen LogP contribution is -2.46. The highest BCUT2D eigenvalue weighted by atomic mass is 15.2. The van der Waals surface area contributed by atoms with Crippen LogP contribution in [0.4, 0.5) is 0 Å². The second kappa shape index (κ2) is 5.15. The number of nitrogens with one attached hydrogen (secondary N) is 1. The summed E-state index contributed by atoms with van der Waals surface area (Å²) < 4.78 is 0. The van der Waals surface area contributed by atoms with Gasteiger partial charge in [0.25, 0.3) is 0 Å². The molecule has 0 radical (unpaired) electrons. The largest absolute Gasteiger partial charge is 0.310 e. The third-order valence-electron chi connectivity index (χ3n) is 3.41. The first kappa shape index (κ1) is 12.5. The van der Waals surface area contributed by atoms with E-state index in [4.69, 9.17) is 0 Å². The highest BCUT2D eigenvalue weighted by Crippen LogP contribution is 2.15. The molecule has 1 aliphatic rings. The zero-order valence-electron chi connectivity index (χ0n) is 11.2.